The van der Waals surface area contributed by atoms with E-state index in [4.69, 9.17) is 10.7 Å². The quantitative estimate of drug-likeness (QED) is 0.682. The van der Waals surface area contributed by atoms with Crippen molar-refractivity contribution in [3.05, 3.63) is 76.2 Å². The van der Waals surface area contributed by atoms with Crippen LogP contribution in [0.3, 0.4) is 0 Å². The van der Waals surface area contributed by atoms with Gasteiger partial charge in [0.15, 0.2) is 0 Å². The predicted octanol–water partition coefficient (Wildman–Crippen LogP) is 4.56. The third-order valence-electron chi connectivity index (χ3n) is 5.77. The lowest BCUT2D eigenvalue weighted by Gasteiger charge is -2.37. The number of hydrogen-bond acceptors (Lipinski definition) is 5. The Morgan fingerprint density at radius 3 is 2.76 bits per heavy atom. The first-order valence-electron chi connectivity index (χ1n) is 9.93. The molecule has 0 saturated carbocycles. The fourth-order valence-corrected chi connectivity index (χ4v) is 3.96. The molecule has 1 aliphatic heterocycles. The maximum Gasteiger partial charge on any atom is 0.229 e. The first kappa shape index (κ1) is 19.3. The zero-order valence-electron chi connectivity index (χ0n) is 17.0. The van der Waals surface area contributed by atoms with Crippen molar-refractivity contribution in [3.63, 3.8) is 0 Å². The Hall–Kier alpha value is -2.99. The van der Waals surface area contributed by atoms with E-state index < -0.39 is 0 Å². The van der Waals surface area contributed by atoms with Crippen molar-refractivity contribution in [3.8, 4) is 0 Å². The highest BCUT2D eigenvalue weighted by Crippen LogP contribution is 2.35. The summed E-state index contributed by atoms with van der Waals surface area (Å²) in [5.41, 5.74) is 12.0. The summed E-state index contributed by atoms with van der Waals surface area (Å²) in [7, 11) is 0. The van der Waals surface area contributed by atoms with Gasteiger partial charge < -0.3 is 16.0 Å². The number of anilines is 3. The van der Waals surface area contributed by atoms with E-state index in [2.05, 4.69) is 22.1 Å². The van der Waals surface area contributed by atoms with Crippen LogP contribution in [0.1, 0.15) is 40.9 Å². The van der Waals surface area contributed by atoms with Gasteiger partial charge in [0.25, 0.3) is 0 Å². The lowest BCUT2D eigenvalue weighted by atomic mass is 9.93. The molecule has 0 radical (unpaired) electrons. The van der Waals surface area contributed by atoms with Crippen molar-refractivity contribution < 1.29 is 4.39 Å². The normalized spacial score (nSPS) is 15.9. The summed E-state index contributed by atoms with van der Waals surface area (Å²) in [6.45, 7) is 7.40. The molecule has 5 nitrogen and oxygen atoms in total. The number of nitrogens with two attached hydrogens (primary N) is 1. The summed E-state index contributed by atoms with van der Waals surface area (Å²) < 4.78 is 13.9. The first-order valence-corrected chi connectivity index (χ1v) is 9.93. The minimum atomic E-state index is -0.200. The zero-order chi connectivity index (χ0) is 20.5. The number of nitrogens with zero attached hydrogens (tertiary/aromatic N) is 3. The van der Waals surface area contributed by atoms with Crippen LogP contribution in [0.25, 0.3) is 0 Å². The van der Waals surface area contributed by atoms with E-state index in [0.29, 0.717) is 12.5 Å². The molecule has 1 aliphatic rings. The molecule has 0 saturated heterocycles. The summed E-state index contributed by atoms with van der Waals surface area (Å²) in [4.78, 5) is 11.7. The summed E-state index contributed by atoms with van der Waals surface area (Å²) in [6.07, 6.45) is 0.862. The average Bonchev–Trinajstić information content (AvgIpc) is 2.72. The molecular formula is C23H26FN5. The van der Waals surface area contributed by atoms with E-state index in [-0.39, 0.29) is 11.9 Å². The molecule has 0 fully saturated rings. The Labute approximate surface area is 170 Å². The largest absolute Gasteiger partial charge is 0.349 e. The molecule has 150 valence electrons. The van der Waals surface area contributed by atoms with Gasteiger partial charge in [-0.15, -0.1) is 0 Å². The molecule has 2 heterocycles. The second-order valence-electron chi connectivity index (χ2n) is 7.53. The van der Waals surface area contributed by atoms with Gasteiger partial charge in [0, 0.05) is 30.0 Å². The van der Waals surface area contributed by atoms with Gasteiger partial charge in [0.1, 0.15) is 11.6 Å². The molecule has 1 aromatic heterocycles. The van der Waals surface area contributed by atoms with Crippen molar-refractivity contribution in [2.45, 2.75) is 39.8 Å². The first-order chi connectivity index (χ1) is 14.0. The minimum absolute atomic E-state index is 0.0339. The molecule has 4 rings (SSSR count). The molecule has 29 heavy (non-hydrogen) atoms. The van der Waals surface area contributed by atoms with E-state index >= 15 is 0 Å². The Bertz CT molecular complexity index is 1050. The van der Waals surface area contributed by atoms with Crippen LogP contribution < -0.4 is 16.0 Å². The molecule has 1 unspecified atom stereocenters. The average molecular weight is 391 g/mol. The second kappa shape index (κ2) is 7.79. The van der Waals surface area contributed by atoms with Crippen molar-refractivity contribution in [1.82, 2.24) is 9.97 Å². The van der Waals surface area contributed by atoms with Crippen LogP contribution in [0.15, 0.2) is 42.5 Å². The number of aromatic nitrogens is 2. The predicted molar refractivity (Wildman–Crippen MR) is 115 cm³/mol. The minimum Gasteiger partial charge on any atom is -0.349 e. The fraction of sp³-hybridized carbons (Fsp3) is 0.304. The standard InChI is InChI=1S/C23H26FN5/c1-14-15(2)26-23(27-21-7-5-4-6-18(21)13-25)28-22(14)29-11-10-17-8-9-19(24)12-20(17)16(29)3/h4-9,12,16H,10-11,13,25H2,1-3H3,(H,26,27,28). The molecule has 2 aromatic carbocycles. The van der Waals surface area contributed by atoms with Crippen LogP contribution >= 0.6 is 0 Å². The van der Waals surface area contributed by atoms with Crippen molar-refractivity contribution in [2.75, 3.05) is 16.8 Å². The maximum atomic E-state index is 13.9. The third-order valence-corrected chi connectivity index (χ3v) is 5.77. The van der Waals surface area contributed by atoms with Gasteiger partial charge in [-0.3, -0.25) is 0 Å². The van der Waals surface area contributed by atoms with E-state index in [1.165, 1.54) is 11.6 Å². The molecular weight excluding hydrogens is 365 g/mol. The van der Waals surface area contributed by atoms with Crippen molar-refractivity contribution >= 4 is 17.5 Å². The summed E-state index contributed by atoms with van der Waals surface area (Å²) >= 11 is 0. The van der Waals surface area contributed by atoms with Gasteiger partial charge in [0.05, 0.1) is 6.04 Å². The highest BCUT2D eigenvalue weighted by molar-refractivity contribution is 5.62. The SMILES string of the molecule is Cc1nc(Nc2ccccc2CN)nc(N2CCc3ccc(F)cc3C2C)c1C. The Morgan fingerprint density at radius 1 is 1.17 bits per heavy atom. The molecule has 0 bridgehead atoms. The summed E-state index contributed by atoms with van der Waals surface area (Å²) in [6, 6.07) is 13.0. The van der Waals surface area contributed by atoms with Gasteiger partial charge in [-0.1, -0.05) is 24.3 Å². The molecule has 0 amide bonds. The number of hydrogen-bond donors (Lipinski definition) is 2. The molecule has 3 N–H and O–H groups in total. The highest BCUT2D eigenvalue weighted by atomic mass is 19.1. The number of rotatable bonds is 4. The smallest absolute Gasteiger partial charge is 0.229 e. The summed E-state index contributed by atoms with van der Waals surface area (Å²) in [5.74, 6) is 1.22. The molecule has 0 aliphatic carbocycles. The van der Waals surface area contributed by atoms with Crippen LogP contribution in [0.2, 0.25) is 0 Å². The number of fused-ring (bicyclic) bond motifs is 1. The van der Waals surface area contributed by atoms with E-state index in [0.717, 1.165) is 46.9 Å². The van der Waals surface area contributed by atoms with Crippen LogP contribution in [0.5, 0.6) is 0 Å². The van der Waals surface area contributed by atoms with Gasteiger partial charge >= 0.3 is 0 Å². The van der Waals surface area contributed by atoms with E-state index in [1.807, 2.05) is 44.2 Å². The lowest BCUT2D eigenvalue weighted by Crippen LogP contribution is -2.35. The Balaban J connectivity index is 1.71. The van der Waals surface area contributed by atoms with Crippen molar-refractivity contribution in [1.29, 1.82) is 0 Å². The van der Waals surface area contributed by atoms with Gasteiger partial charge in [-0.2, -0.15) is 4.98 Å². The monoisotopic (exact) mass is 391 g/mol. The topological polar surface area (TPSA) is 67.1 Å². The third kappa shape index (κ3) is 3.68. The van der Waals surface area contributed by atoms with Gasteiger partial charge in [-0.25, -0.2) is 9.37 Å². The van der Waals surface area contributed by atoms with E-state index in [1.54, 1.807) is 6.07 Å². The van der Waals surface area contributed by atoms with Crippen LogP contribution in [0.4, 0.5) is 21.8 Å². The fourth-order valence-electron chi connectivity index (χ4n) is 3.96. The number of aryl methyl sites for hydroxylation is 1. The molecule has 6 heteroatoms. The van der Waals surface area contributed by atoms with Gasteiger partial charge in [0.2, 0.25) is 5.95 Å². The number of para-hydroxylation sites is 1. The van der Waals surface area contributed by atoms with Gasteiger partial charge in [-0.05, 0) is 62.1 Å². The molecule has 3 aromatic rings. The molecule has 1 atom stereocenters. The number of nitrogens with one attached hydrogen (secondary N) is 1. The number of benzene rings is 2. The lowest BCUT2D eigenvalue weighted by molar-refractivity contribution is 0.589. The zero-order valence-corrected chi connectivity index (χ0v) is 17.0. The van der Waals surface area contributed by atoms with E-state index in [9.17, 15) is 4.39 Å². The maximum absolute atomic E-state index is 13.9. The highest BCUT2D eigenvalue weighted by Gasteiger charge is 2.27. The number of halogens is 1. The van der Waals surface area contributed by atoms with Crippen LogP contribution in [-0.2, 0) is 13.0 Å². The van der Waals surface area contributed by atoms with Crippen LogP contribution in [0, 0.1) is 19.7 Å². The Kier molecular flexibility index (Phi) is 5.20. The Morgan fingerprint density at radius 2 is 1.97 bits per heavy atom. The molecule has 0 spiro atoms. The van der Waals surface area contributed by atoms with Crippen molar-refractivity contribution in [2.24, 2.45) is 5.73 Å². The second-order valence-corrected chi connectivity index (χ2v) is 7.53. The summed E-state index contributed by atoms with van der Waals surface area (Å²) in [5, 5.41) is 3.33. The van der Waals surface area contributed by atoms with Crippen LogP contribution in [-0.4, -0.2) is 16.5 Å².